The first-order valence-corrected chi connectivity index (χ1v) is 6.14. The third-order valence-electron chi connectivity index (χ3n) is 3.06. The first kappa shape index (κ1) is 13.1. The van der Waals surface area contributed by atoms with Crippen molar-refractivity contribution in [2.24, 2.45) is 5.73 Å². The van der Waals surface area contributed by atoms with Gasteiger partial charge in [0.15, 0.2) is 0 Å². The fourth-order valence-corrected chi connectivity index (χ4v) is 2.38. The lowest BCUT2D eigenvalue weighted by molar-refractivity contribution is 0.626. The predicted octanol–water partition coefficient (Wildman–Crippen LogP) is 4.14. The Balaban J connectivity index is 2.44. The average Bonchev–Trinajstić information content (AvgIpc) is 2.28. The highest BCUT2D eigenvalue weighted by molar-refractivity contribution is 6.31. The van der Waals surface area contributed by atoms with Gasteiger partial charge in [0.05, 0.1) is 6.04 Å². The van der Waals surface area contributed by atoms with Crippen molar-refractivity contribution in [2.45, 2.75) is 19.9 Å². The molecule has 0 amide bonds. The number of hydrogen-bond donors (Lipinski definition) is 1. The van der Waals surface area contributed by atoms with Crippen molar-refractivity contribution in [3.63, 3.8) is 0 Å². The van der Waals surface area contributed by atoms with Gasteiger partial charge in [0, 0.05) is 5.02 Å². The Morgan fingerprint density at radius 1 is 1.06 bits per heavy atom. The molecule has 1 atom stereocenters. The van der Waals surface area contributed by atoms with E-state index < -0.39 is 0 Å². The molecule has 2 aromatic carbocycles. The third-order valence-corrected chi connectivity index (χ3v) is 3.39. The molecule has 0 spiro atoms. The minimum absolute atomic E-state index is 0.335. The summed E-state index contributed by atoms with van der Waals surface area (Å²) in [6.07, 6.45) is 0. The maximum atomic E-state index is 13.0. The maximum Gasteiger partial charge on any atom is 0.124 e. The zero-order valence-electron chi connectivity index (χ0n) is 10.4. The molecule has 0 aliphatic rings. The molecule has 0 bridgehead atoms. The van der Waals surface area contributed by atoms with Crippen molar-refractivity contribution >= 4 is 11.6 Å². The van der Waals surface area contributed by atoms with Gasteiger partial charge in [-0.1, -0.05) is 41.4 Å². The zero-order valence-corrected chi connectivity index (χ0v) is 11.1. The van der Waals surface area contributed by atoms with Crippen LogP contribution in [-0.4, -0.2) is 0 Å². The number of hydrogen-bond acceptors (Lipinski definition) is 1. The molecule has 94 valence electrons. The molecule has 0 saturated heterocycles. The van der Waals surface area contributed by atoms with E-state index in [1.165, 1.54) is 17.7 Å². The van der Waals surface area contributed by atoms with Crippen LogP contribution in [0.3, 0.4) is 0 Å². The quantitative estimate of drug-likeness (QED) is 0.866. The van der Waals surface area contributed by atoms with Crippen LogP contribution in [0.1, 0.15) is 28.3 Å². The van der Waals surface area contributed by atoms with E-state index in [-0.39, 0.29) is 11.9 Å². The number of halogens is 2. The minimum Gasteiger partial charge on any atom is -0.320 e. The van der Waals surface area contributed by atoms with E-state index in [2.05, 4.69) is 6.07 Å². The molecule has 0 aromatic heterocycles. The second-order valence-corrected chi connectivity index (χ2v) is 4.91. The number of benzene rings is 2. The van der Waals surface area contributed by atoms with Gasteiger partial charge >= 0.3 is 0 Å². The monoisotopic (exact) mass is 263 g/mol. The normalized spacial score (nSPS) is 12.5. The van der Waals surface area contributed by atoms with E-state index in [0.717, 1.165) is 16.7 Å². The lowest BCUT2D eigenvalue weighted by Gasteiger charge is -2.17. The molecule has 2 aromatic rings. The van der Waals surface area contributed by atoms with E-state index in [4.69, 9.17) is 17.3 Å². The molecule has 2 N–H and O–H groups in total. The largest absolute Gasteiger partial charge is 0.320 e. The summed E-state index contributed by atoms with van der Waals surface area (Å²) in [6.45, 7) is 4.05. The van der Waals surface area contributed by atoms with E-state index in [1.54, 1.807) is 6.07 Å². The summed E-state index contributed by atoms with van der Waals surface area (Å²) in [7, 11) is 0. The Kier molecular flexibility index (Phi) is 3.69. The first-order chi connectivity index (χ1) is 8.49. The minimum atomic E-state index is -0.350. The standard InChI is InChI=1S/C15H15ClFN/c1-9-3-5-12(10(2)7-9)15(18)13-6-4-11(17)8-14(13)16/h3-8,15H,18H2,1-2H3. The van der Waals surface area contributed by atoms with Crippen LogP contribution >= 0.6 is 11.6 Å². The molecule has 3 heteroatoms. The van der Waals surface area contributed by atoms with Crippen molar-refractivity contribution in [3.8, 4) is 0 Å². The van der Waals surface area contributed by atoms with E-state index in [9.17, 15) is 4.39 Å². The van der Waals surface area contributed by atoms with Gasteiger partial charge in [-0.25, -0.2) is 4.39 Å². The van der Waals surface area contributed by atoms with Crippen LogP contribution in [0.5, 0.6) is 0 Å². The summed E-state index contributed by atoms with van der Waals surface area (Å²) in [4.78, 5) is 0. The molecule has 1 unspecified atom stereocenters. The lowest BCUT2D eigenvalue weighted by atomic mass is 9.94. The van der Waals surface area contributed by atoms with Crippen molar-refractivity contribution < 1.29 is 4.39 Å². The zero-order chi connectivity index (χ0) is 13.3. The Hall–Kier alpha value is -1.38. The van der Waals surface area contributed by atoms with Gasteiger partial charge in [-0.05, 0) is 42.7 Å². The topological polar surface area (TPSA) is 26.0 Å². The van der Waals surface area contributed by atoms with Crippen molar-refractivity contribution in [2.75, 3.05) is 0 Å². The summed E-state index contributed by atoms with van der Waals surface area (Å²) >= 11 is 6.04. The van der Waals surface area contributed by atoms with Crippen LogP contribution in [0.15, 0.2) is 36.4 Å². The number of nitrogens with two attached hydrogens (primary N) is 1. The Morgan fingerprint density at radius 3 is 2.33 bits per heavy atom. The summed E-state index contributed by atoms with van der Waals surface area (Å²) in [5.74, 6) is -0.350. The van der Waals surface area contributed by atoms with Crippen LogP contribution < -0.4 is 5.73 Å². The summed E-state index contributed by atoms with van der Waals surface area (Å²) in [5, 5.41) is 0.363. The fourth-order valence-electron chi connectivity index (χ4n) is 2.10. The highest BCUT2D eigenvalue weighted by atomic mass is 35.5. The van der Waals surface area contributed by atoms with Gasteiger partial charge in [0.2, 0.25) is 0 Å². The van der Waals surface area contributed by atoms with E-state index >= 15 is 0 Å². The van der Waals surface area contributed by atoms with Gasteiger partial charge < -0.3 is 5.73 Å². The van der Waals surface area contributed by atoms with Gasteiger partial charge in [0.1, 0.15) is 5.82 Å². The van der Waals surface area contributed by atoms with Gasteiger partial charge in [-0.2, -0.15) is 0 Å². The summed E-state index contributed by atoms with van der Waals surface area (Å²) in [5.41, 5.74) is 10.3. The predicted molar refractivity (Wildman–Crippen MR) is 73.4 cm³/mol. The van der Waals surface area contributed by atoms with Crippen LogP contribution in [0.2, 0.25) is 5.02 Å². The highest BCUT2D eigenvalue weighted by Gasteiger charge is 2.14. The van der Waals surface area contributed by atoms with Gasteiger partial charge in [-0.15, -0.1) is 0 Å². The third kappa shape index (κ3) is 2.55. The molecule has 2 rings (SSSR count). The van der Waals surface area contributed by atoms with E-state index in [0.29, 0.717) is 5.02 Å². The molecular weight excluding hydrogens is 249 g/mol. The van der Waals surface area contributed by atoms with Crippen LogP contribution in [-0.2, 0) is 0 Å². The van der Waals surface area contributed by atoms with Gasteiger partial charge in [-0.3, -0.25) is 0 Å². The fraction of sp³-hybridized carbons (Fsp3) is 0.200. The number of aryl methyl sites for hydroxylation is 2. The Bertz CT molecular complexity index is 529. The summed E-state index contributed by atoms with van der Waals surface area (Å²) in [6, 6.07) is 10.1. The van der Waals surface area contributed by atoms with Crippen LogP contribution in [0, 0.1) is 19.7 Å². The SMILES string of the molecule is Cc1ccc(C(N)c2ccc(F)cc2Cl)c(C)c1. The van der Waals surface area contributed by atoms with Crippen molar-refractivity contribution in [1.82, 2.24) is 0 Å². The molecule has 0 heterocycles. The lowest BCUT2D eigenvalue weighted by Crippen LogP contribution is -2.14. The highest BCUT2D eigenvalue weighted by Crippen LogP contribution is 2.29. The second-order valence-electron chi connectivity index (χ2n) is 4.50. The Morgan fingerprint density at radius 2 is 1.72 bits per heavy atom. The smallest absolute Gasteiger partial charge is 0.124 e. The molecule has 18 heavy (non-hydrogen) atoms. The van der Waals surface area contributed by atoms with Gasteiger partial charge in [0.25, 0.3) is 0 Å². The van der Waals surface area contributed by atoms with Crippen molar-refractivity contribution in [1.29, 1.82) is 0 Å². The first-order valence-electron chi connectivity index (χ1n) is 5.76. The van der Waals surface area contributed by atoms with Crippen molar-refractivity contribution in [3.05, 3.63) is 69.5 Å². The molecule has 0 radical (unpaired) electrons. The molecule has 0 saturated carbocycles. The second kappa shape index (κ2) is 5.09. The van der Waals surface area contributed by atoms with Crippen LogP contribution in [0.25, 0.3) is 0 Å². The molecule has 1 nitrogen and oxygen atoms in total. The summed E-state index contributed by atoms with van der Waals surface area (Å²) < 4.78 is 13.0. The Labute approximate surface area is 111 Å². The maximum absolute atomic E-state index is 13.0. The average molecular weight is 264 g/mol. The van der Waals surface area contributed by atoms with Crippen LogP contribution in [0.4, 0.5) is 4.39 Å². The molecule has 0 aliphatic heterocycles. The number of rotatable bonds is 2. The molecule has 0 aliphatic carbocycles. The van der Waals surface area contributed by atoms with E-state index in [1.807, 2.05) is 26.0 Å². The molecule has 0 fully saturated rings. The molecular formula is C15H15ClFN.